The Labute approximate surface area is 127 Å². The molecule has 0 radical (unpaired) electrons. The SMILES string of the molecule is CC1CCC(CCNS(=O)(=O)c2ccc(CN)cn2)CC1. The van der Waals surface area contributed by atoms with Gasteiger partial charge in [0.2, 0.25) is 0 Å². The van der Waals surface area contributed by atoms with E-state index < -0.39 is 10.0 Å². The fourth-order valence-corrected chi connectivity index (χ4v) is 3.75. The lowest BCUT2D eigenvalue weighted by molar-refractivity contribution is 0.278. The molecule has 0 saturated heterocycles. The molecule has 6 heteroatoms. The fourth-order valence-electron chi connectivity index (χ4n) is 2.78. The number of nitrogens with two attached hydrogens (primary N) is 1. The molecule has 3 N–H and O–H groups in total. The normalized spacial score (nSPS) is 23.1. The highest BCUT2D eigenvalue weighted by molar-refractivity contribution is 7.89. The Morgan fingerprint density at radius 2 is 2.00 bits per heavy atom. The van der Waals surface area contributed by atoms with E-state index in [4.69, 9.17) is 5.73 Å². The molecule has 1 heterocycles. The summed E-state index contributed by atoms with van der Waals surface area (Å²) in [6.45, 7) is 3.14. The summed E-state index contributed by atoms with van der Waals surface area (Å²) in [6, 6.07) is 3.21. The summed E-state index contributed by atoms with van der Waals surface area (Å²) in [5, 5.41) is 0.0666. The number of sulfonamides is 1. The van der Waals surface area contributed by atoms with Crippen LogP contribution in [0.1, 0.15) is 44.6 Å². The lowest BCUT2D eigenvalue weighted by Gasteiger charge is -2.26. The molecular formula is C15H25N3O2S. The van der Waals surface area contributed by atoms with Gasteiger partial charge in [-0.05, 0) is 29.9 Å². The van der Waals surface area contributed by atoms with Crippen molar-refractivity contribution in [2.24, 2.45) is 17.6 Å². The molecule has 5 nitrogen and oxygen atoms in total. The van der Waals surface area contributed by atoms with Gasteiger partial charge in [-0.3, -0.25) is 0 Å². The van der Waals surface area contributed by atoms with Gasteiger partial charge >= 0.3 is 0 Å². The van der Waals surface area contributed by atoms with Crippen LogP contribution in [0.3, 0.4) is 0 Å². The van der Waals surface area contributed by atoms with E-state index in [-0.39, 0.29) is 5.03 Å². The van der Waals surface area contributed by atoms with Crippen LogP contribution >= 0.6 is 0 Å². The second-order valence-corrected chi connectivity index (χ2v) is 7.73. The molecule has 0 bridgehead atoms. The molecule has 1 aliphatic rings. The van der Waals surface area contributed by atoms with Crippen LogP contribution in [-0.4, -0.2) is 19.9 Å². The lowest BCUT2D eigenvalue weighted by atomic mass is 9.81. The number of nitrogens with zero attached hydrogens (tertiary/aromatic N) is 1. The Hall–Kier alpha value is -0.980. The first-order valence-corrected chi connectivity index (χ1v) is 9.14. The summed E-state index contributed by atoms with van der Waals surface area (Å²) in [5.74, 6) is 1.47. The Bertz CT molecular complexity index is 535. The topological polar surface area (TPSA) is 85.1 Å². The van der Waals surface area contributed by atoms with Crippen LogP contribution in [0.25, 0.3) is 0 Å². The summed E-state index contributed by atoms with van der Waals surface area (Å²) in [6.07, 6.45) is 7.38. The van der Waals surface area contributed by atoms with Crippen LogP contribution in [0, 0.1) is 11.8 Å². The van der Waals surface area contributed by atoms with E-state index in [1.54, 1.807) is 6.07 Å². The molecule has 1 fully saturated rings. The van der Waals surface area contributed by atoms with E-state index in [1.165, 1.54) is 37.9 Å². The van der Waals surface area contributed by atoms with E-state index in [9.17, 15) is 8.42 Å². The van der Waals surface area contributed by atoms with Gasteiger partial charge < -0.3 is 5.73 Å². The molecule has 21 heavy (non-hydrogen) atoms. The highest BCUT2D eigenvalue weighted by Gasteiger charge is 2.20. The summed E-state index contributed by atoms with van der Waals surface area (Å²) >= 11 is 0. The van der Waals surface area contributed by atoms with Gasteiger partial charge in [0, 0.05) is 19.3 Å². The van der Waals surface area contributed by atoms with E-state index in [0.29, 0.717) is 19.0 Å². The third-order valence-electron chi connectivity index (χ3n) is 4.29. The molecule has 0 aliphatic heterocycles. The Balaban J connectivity index is 1.83. The number of hydrogen-bond donors (Lipinski definition) is 2. The predicted molar refractivity (Wildman–Crippen MR) is 83.1 cm³/mol. The zero-order valence-corrected chi connectivity index (χ0v) is 13.4. The molecular weight excluding hydrogens is 286 g/mol. The quantitative estimate of drug-likeness (QED) is 0.842. The van der Waals surface area contributed by atoms with Crippen molar-refractivity contribution in [3.05, 3.63) is 23.9 Å². The highest BCUT2D eigenvalue weighted by Crippen LogP contribution is 2.30. The molecule has 118 valence electrons. The van der Waals surface area contributed by atoms with E-state index in [1.807, 2.05) is 0 Å². The third kappa shape index (κ3) is 4.76. The van der Waals surface area contributed by atoms with Crippen LogP contribution in [0.4, 0.5) is 0 Å². The lowest BCUT2D eigenvalue weighted by Crippen LogP contribution is -2.27. The van der Waals surface area contributed by atoms with Crippen molar-refractivity contribution in [1.82, 2.24) is 9.71 Å². The average Bonchev–Trinajstić information content (AvgIpc) is 2.49. The van der Waals surface area contributed by atoms with Crippen LogP contribution in [0.5, 0.6) is 0 Å². The smallest absolute Gasteiger partial charge is 0.258 e. The fraction of sp³-hybridized carbons (Fsp3) is 0.667. The molecule has 1 aromatic rings. The molecule has 2 rings (SSSR count). The first-order chi connectivity index (χ1) is 10.0. The molecule has 1 saturated carbocycles. The number of aromatic nitrogens is 1. The molecule has 0 spiro atoms. The van der Waals surface area contributed by atoms with Crippen LogP contribution in [-0.2, 0) is 16.6 Å². The van der Waals surface area contributed by atoms with E-state index in [2.05, 4.69) is 16.6 Å². The largest absolute Gasteiger partial charge is 0.326 e. The number of hydrogen-bond acceptors (Lipinski definition) is 4. The number of pyridine rings is 1. The second-order valence-electron chi connectivity index (χ2n) is 6.02. The number of rotatable bonds is 6. The average molecular weight is 311 g/mol. The Kier molecular flexibility index (Phi) is 5.72. The van der Waals surface area contributed by atoms with Crippen molar-refractivity contribution in [2.75, 3.05) is 6.54 Å². The summed E-state index contributed by atoms with van der Waals surface area (Å²) in [5.41, 5.74) is 6.30. The first-order valence-electron chi connectivity index (χ1n) is 7.66. The molecule has 0 aromatic carbocycles. The zero-order valence-electron chi connectivity index (χ0n) is 12.6. The van der Waals surface area contributed by atoms with Crippen molar-refractivity contribution in [1.29, 1.82) is 0 Å². The van der Waals surface area contributed by atoms with Crippen LogP contribution in [0.15, 0.2) is 23.4 Å². The minimum absolute atomic E-state index is 0.0666. The van der Waals surface area contributed by atoms with Crippen LogP contribution < -0.4 is 10.5 Å². The van der Waals surface area contributed by atoms with Crippen molar-refractivity contribution in [3.63, 3.8) is 0 Å². The first kappa shape index (κ1) is 16.4. The van der Waals surface area contributed by atoms with Gasteiger partial charge in [-0.25, -0.2) is 18.1 Å². The molecule has 0 unspecified atom stereocenters. The van der Waals surface area contributed by atoms with Crippen molar-refractivity contribution in [3.8, 4) is 0 Å². The predicted octanol–water partition coefficient (Wildman–Crippen LogP) is 2.03. The van der Waals surface area contributed by atoms with Gasteiger partial charge in [-0.15, -0.1) is 0 Å². The maximum absolute atomic E-state index is 12.1. The van der Waals surface area contributed by atoms with Gasteiger partial charge in [0.25, 0.3) is 10.0 Å². The van der Waals surface area contributed by atoms with Gasteiger partial charge in [0.05, 0.1) is 0 Å². The van der Waals surface area contributed by atoms with E-state index >= 15 is 0 Å². The summed E-state index contributed by atoms with van der Waals surface area (Å²) < 4.78 is 26.9. The van der Waals surface area contributed by atoms with Crippen molar-refractivity contribution >= 4 is 10.0 Å². The van der Waals surface area contributed by atoms with Crippen molar-refractivity contribution < 1.29 is 8.42 Å². The molecule has 0 atom stereocenters. The summed E-state index contributed by atoms with van der Waals surface area (Å²) in [7, 11) is -3.50. The minimum Gasteiger partial charge on any atom is -0.326 e. The van der Waals surface area contributed by atoms with Crippen LogP contribution in [0.2, 0.25) is 0 Å². The summed E-state index contributed by atoms with van der Waals surface area (Å²) in [4.78, 5) is 3.97. The van der Waals surface area contributed by atoms with Gasteiger partial charge in [0.15, 0.2) is 5.03 Å². The maximum Gasteiger partial charge on any atom is 0.258 e. The maximum atomic E-state index is 12.1. The zero-order chi connectivity index (χ0) is 15.3. The highest BCUT2D eigenvalue weighted by atomic mass is 32.2. The molecule has 1 aromatic heterocycles. The Morgan fingerprint density at radius 3 is 2.57 bits per heavy atom. The van der Waals surface area contributed by atoms with E-state index in [0.717, 1.165) is 17.9 Å². The Morgan fingerprint density at radius 1 is 1.29 bits per heavy atom. The monoisotopic (exact) mass is 311 g/mol. The molecule has 0 amide bonds. The van der Waals surface area contributed by atoms with Gasteiger partial charge in [-0.2, -0.15) is 0 Å². The number of nitrogens with one attached hydrogen (secondary N) is 1. The third-order valence-corrected chi connectivity index (χ3v) is 5.67. The standard InChI is InChI=1S/C15H25N3O2S/c1-12-2-4-13(5-3-12)8-9-18-21(19,20)15-7-6-14(10-16)11-17-15/h6-7,11-13,18H,2-5,8-10,16H2,1H3. The van der Waals surface area contributed by atoms with Crippen molar-refractivity contribution in [2.45, 2.75) is 50.6 Å². The van der Waals surface area contributed by atoms with Gasteiger partial charge in [-0.1, -0.05) is 38.7 Å². The second kappa shape index (κ2) is 7.33. The minimum atomic E-state index is -3.50. The van der Waals surface area contributed by atoms with Gasteiger partial charge in [0.1, 0.15) is 0 Å². The molecule has 1 aliphatic carbocycles.